The fourth-order valence-electron chi connectivity index (χ4n) is 1.85. The van der Waals surface area contributed by atoms with Gasteiger partial charge in [-0.3, -0.25) is 0 Å². The van der Waals surface area contributed by atoms with E-state index in [0.717, 1.165) is 15.7 Å². The molecule has 3 rings (SSSR count). The predicted molar refractivity (Wildman–Crippen MR) is 65.0 cm³/mol. The van der Waals surface area contributed by atoms with Crippen molar-refractivity contribution >= 4 is 26.8 Å². The van der Waals surface area contributed by atoms with E-state index in [1.54, 1.807) is 0 Å². The van der Waals surface area contributed by atoms with Gasteiger partial charge in [-0.05, 0) is 18.2 Å². The number of nitrogens with zero attached hydrogens (tertiary/aromatic N) is 2. The van der Waals surface area contributed by atoms with Crippen LogP contribution in [0.15, 0.2) is 41.1 Å². The third-order valence-corrected chi connectivity index (χ3v) is 3.06. The van der Waals surface area contributed by atoms with E-state index >= 15 is 0 Å². The fraction of sp³-hybridized carbons (Fsp3) is 0.0833. The molecule has 0 spiro atoms. The van der Waals surface area contributed by atoms with Crippen LogP contribution in [0.25, 0.3) is 22.2 Å². The van der Waals surface area contributed by atoms with Crippen LogP contribution < -0.4 is 0 Å². The summed E-state index contributed by atoms with van der Waals surface area (Å²) in [5.74, 6) is 0. The molecule has 74 valence electrons. The number of benzene rings is 1. The molecule has 0 amide bonds. The molecule has 0 saturated heterocycles. The van der Waals surface area contributed by atoms with Crippen LogP contribution in [0.5, 0.6) is 0 Å². The van der Waals surface area contributed by atoms with Crippen molar-refractivity contribution in [1.29, 1.82) is 0 Å². The minimum atomic E-state index is 1.05. The van der Waals surface area contributed by atoms with Crippen molar-refractivity contribution < 1.29 is 0 Å². The van der Waals surface area contributed by atoms with Crippen LogP contribution in [-0.2, 0) is 7.05 Å². The van der Waals surface area contributed by atoms with E-state index in [2.05, 4.69) is 45.2 Å². The lowest BCUT2D eigenvalue weighted by molar-refractivity contribution is 0.902. The van der Waals surface area contributed by atoms with Crippen LogP contribution in [0.3, 0.4) is 0 Å². The van der Waals surface area contributed by atoms with E-state index < -0.39 is 0 Å². The summed E-state index contributed by atoms with van der Waals surface area (Å²) in [7, 11) is 2.01. The number of fused-ring (bicyclic) bond motifs is 3. The highest BCUT2D eigenvalue weighted by Gasteiger charge is 2.11. The molecule has 1 aromatic rings. The Morgan fingerprint density at radius 3 is 3.00 bits per heavy atom. The first-order chi connectivity index (χ1) is 7.24. The zero-order valence-electron chi connectivity index (χ0n) is 8.24. The van der Waals surface area contributed by atoms with Gasteiger partial charge in [0, 0.05) is 34.9 Å². The van der Waals surface area contributed by atoms with Crippen molar-refractivity contribution in [3.8, 4) is 11.3 Å². The minimum absolute atomic E-state index is 1.05. The van der Waals surface area contributed by atoms with Crippen LogP contribution in [0.4, 0.5) is 0 Å². The molecule has 15 heavy (non-hydrogen) atoms. The zero-order valence-corrected chi connectivity index (χ0v) is 9.82. The van der Waals surface area contributed by atoms with Crippen molar-refractivity contribution in [2.75, 3.05) is 0 Å². The minimum Gasteiger partial charge on any atom is -0.355 e. The van der Waals surface area contributed by atoms with Gasteiger partial charge in [0.2, 0.25) is 0 Å². The van der Waals surface area contributed by atoms with Gasteiger partial charge in [-0.1, -0.05) is 22.0 Å². The quantitative estimate of drug-likeness (QED) is 0.606. The maximum absolute atomic E-state index is 4.59. The van der Waals surface area contributed by atoms with Gasteiger partial charge in [0.25, 0.3) is 0 Å². The molecule has 2 aliphatic heterocycles. The second kappa shape index (κ2) is 3.07. The van der Waals surface area contributed by atoms with E-state index in [4.69, 9.17) is 0 Å². The van der Waals surface area contributed by atoms with E-state index in [1.165, 1.54) is 10.9 Å². The summed E-state index contributed by atoms with van der Waals surface area (Å²) in [6.45, 7) is 0. The maximum Gasteiger partial charge on any atom is 0.0878 e. The Kier molecular flexibility index (Phi) is 1.83. The first-order valence-corrected chi connectivity index (χ1v) is 5.54. The number of halogens is 1. The molecule has 0 unspecified atom stereocenters. The van der Waals surface area contributed by atoms with Gasteiger partial charge in [-0.2, -0.15) is 0 Å². The van der Waals surface area contributed by atoms with Crippen molar-refractivity contribution in [2.24, 2.45) is 7.05 Å². The van der Waals surface area contributed by atoms with Gasteiger partial charge in [0.05, 0.1) is 11.2 Å². The topological polar surface area (TPSA) is 17.8 Å². The summed E-state index contributed by atoms with van der Waals surface area (Å²) in [6.07, 6.45) is 4.09. The lowest BCUT2D eigenvalue weighted by Gasteiger charge is -2.01. The van der Waals surface area contributed by atoms with Crippen LogP contribution in [-0.4, -0.2) is 9.55 Å². The lowest BCUT2D eigenvalue weighted by Crippen LogP contribution is -1.89. The first-order valence-electron chi connectivity index (χ1n) is 4.75. The average Bonchev–Trinajstić information content (AvgIpc) is 2.53. The van der Waals surface area contributed by atoms with Gasteiger partial charge < -0.3 is 4.57 Å². The van der Waals surface area contributed by atoms with E-state index in [0.29, 0.717) is 0 Å². The Balaban J connectivity index is 2.46. The molecule has 0 bridgehead atoms. The Hall–Kier alpha value is -1.35. The largest absolute Gasteiger partial charge is 0.355 e. The molecule has 2 aliphatic rings. The van der Waals surface area contributed by atoms with Gasteiger partial charge in [0.15, 0.2) is 0 Å². The Labute approximate surface area is 96.0 Å². The number of aromatic nitrogens is 2. The van der Waals surface area contributed by atoms with E-state index in [1.807, 2.05) is 24.0 Å². The second-order valence-electron chi connectivity index (χ2n) is 3.68. The Morgan fingerprint density at radius 1 is 1.27 bits per heavy atom. The Morgan fingerprint density at radius 2 is 2.13 bits per heavy atom. The number of rotatable bonds is 0. The third kappa shape index (κ3) is 1.35. The molecule has 3 heteroatoms. The SMILES string of the molecule is Cn1ccc2c3ccc(Br)cc3nc-2c1. The van der Waals surface area contributed by atoms with E-state index in [-0.39, 0.29) is 0 Å². The fourth-order valence-corrected chi connectivity index (χ4v) is 2.20. The molecule has 0 fully saturated rings. The summed E-state index contributed by atoms with van der Waals surface area (Å²) in [4.78, 5) is 4.59. The van der Waals surface area contributed by atoms with E-state index in [9.17, 15) is 0 Å². The van der Waals surface area contributed by atoms with Gasteiger partial charge >= 0.3 is 0 Å². The molecule has 2 heterocycles. The standard InChI is InChI=1S/C12H9BrN2/c1-15-5-4-10-9-3-2-8(13)6-11(9)14-12(10)7-15/h2-7H,1H3. The zero-order chi connectivity index (χ0) is 10.4. The molecule has 0 radical (unpaired) electrons. The maximum atomic E-state index is 4.59. The van der Waals surface area contributed by atoms with Crippen molar-refractivity contribution in [3.05, 3.63) is 41.1 Å². The summed E-state index contributed by atoms with van der Waals surface area (Å²) in [5.41, 5.74) is 3.31. The van der Waals surface area contributed by atoms with Crippen molar-refractivity contribution in [2.45, 2.75) is 0 Å². The monoisotopic (exact) mass is 260 g/mol. The van der Waals surface area contributed by atoms with Crippen molar-refractivity contribution in [3.63, 3.8) is 0 Å². The normalized spacial score (nSPS) is 11.3. The number of hydrogen-bond donors (Lipinski definition) is 0. The first kappa shape index (κ1) is 8.92. The number of aryl methyl sites for hydroxylation is 1. The van der Waals surface area contributed by atoms with Crippen LogP contribution in [0.2, 0.25) is 0 Å². The summed E-state index contributed by atoms with van der Waals surface area (Å²) >= 11 is 3.46. The molecule has 0 N–H and O–H groups in total. The molecule has 0 aliphatic carbocycles. The second-order valence-corrected chi connectivity index (χ2v) is 4.60. The third-order valence-electron chi connectivity index (χ3n) is 2.57. The van der Waals surface area contributed by atoms with Gasteiger partial charge in [-0.15, -0.1) is 0 Å². The molecule has 0 saturated carbocycles. The predicted octanol–water partition coefficient (Wildman–Crippen LogP) is 3.44. The highest BCUT2D eigenvalue weighted by atomic mass is 79.9. The van der Waals surface area contributed by atoms with Crippen molar-refractivity contribution in [1.82, 2.24) is 9.55 Å². The molecule has 0 atom stereocenters. The number of pyridine rings is 1. The van der Waals surface area contributed by atoms with Gasteiger partial charge in [-0.25, -0.2) is 4.98 Å². The van der Waals surface area contributed by atoms with Crippen LogP contribution in [0.1, 0.15) is 0 Å². The molecule has 1 aromatic carbocycles. The Bertz CT molecular complexity index is 612. The lowest BCUT2D eigenvalue weighted by atomic mass is 10.1. The smallest absolute Gasteiger partial charge is 0.0878 e. The average molecular weight is 261 g/mol. The highest BCUT2D eigenvalue weighted by Crippen LogP contribution is 2.31. The summed E-state index contributed by atoms with van der Waals surface area (Å²) in [6, 6.07) is 8.32. The van der Waals surface area contributed by atoms with Gasteiger partial charge in [0.1, 0.15) is 0 Å². The summed E-state index contributed by atoms with van der Waals surface area (Å²) in [5, 5.41) is 1.22. The van der Waals surface area contributed by atoms with Crippen LogP contribution in [0, 0.1) is 0 Å². The molecular formula is C12H9BrN2. The number of hydrogen-bond acceptors (Lipinski definition) is 1. The molecule has 0 aromatic heterocycles. The molecular weight excluding hydrogens is 252 g/mol. The summed E-state index contributed by atoms with van der Waals surface area (Å²) < 4.78 is 3.09. The molecule has 2 nitrogen and oxygen atoms in total. The van der Waals surface area contributed by atoms with Crippen LogP contribution >= 0.6 is 15.9 Å². The highest BCUT2D eigenvalue weighted by molar-refractivity contribution is 9.10.